The fourth-order valence-corrected chi connectivity index (χ4v) is 2.43. The van der Waals surface area contributed by atoms with E-state index >= 15 is 0 Å². The van der Waals surface area contributed by atoms with Crippen molar-refractivity contribution in [3.8, 4) is 17.1 Å². The lowest BCUT2D eigenvalue weighted by atomic mass is 10.0. The second-order valence-corrected chi connectivity index (χ2v) is 5.04. The summed E-state index contributed by atoms with van der Waals surface area (Å²) in [6.07, 6.45) is 0. The topological polar surface area (TPSA) is 87.7 Å². The van der Waals surface area contributed by atoms with Crippen LogP contribution in [-0.2, 0) is 0 Å². The third kappa shape index (κ3) is 2.44. The fourth-order valence-electron chi connectivity index (χ4n) is 2.43. The molecule has 5 nitrogen and oxygen atoms in total. The van der Waals surface area contributed by atoms with Crippen molar-refractivity contribution < 1.29 is 28.6 Å². The number of carbonyl (C=O) groups excluding carboxylic acids is 1. The second-order valence-electron chi connectivity index (χ2n) is 5.04. The summed E-state index contributed by atoms with van der Waals surface area (Å²) in [5.41, 5.74) is 0.416. The van der Waals surface area contributed by atoms with Crippen LogP contribution in [0.3, 0.4) is 0 Å². The van der Waals surface area contributed by atoms with Crippen molar-refractivity contribution in [3.63, 3.8) is 0 Å². The van der Waals surface area contributed by atoms with Gasteiger partial charge in [-0.3, -0.25) is 4.79 Å². The smallest absolute Gasteiger partial charge is 0.340 e. The lowest BCUT2D eigenvalue weighted by Crippen LogP contribution is -1.98. The zero-order valence-electron chi connectivity index (χ0n) is 12.0. The largest absolute Gasteiger partial charge is 0.507 e. The number of phenols is 1. The molecule has 0 saturated heterocycles. The number of rotatable bonds is 3. The van der Waals surface area contributed by atoms with Crippen LogP contribution in [0.15, 0.2) is 40.8 Å². The first-order chi connectivity index (χ1) is 10.9. The number of hydrogen-bond donors (Lipinski definition) is 2. The molecule has 116 valence electrons. The number of carboxylic acid groups (broad SMARTS) is 1. The summed E-state index contributed by atoms with van der Waals surface area (Å²) in [5.74, 6) is -2.37. The van der Waals surface area contributed by atoms with Gasteiger partial charge < -0.3 is 14.6 Å². The normalized spacial score (nSPS) is 10.9. The highest BCUT2D eigenvalue weighted by Crippen LogP contribution is 2.37. The number of halogens is 1. The van der Waals surface area contributed by atoms with Gasteiger partial charge in [-0.25, -0.2) is 9.18 Å². The van der Waals surface area contributed by atoms with Crippen LogP contribution in [0.2, 0.25) is 0 Å². The lowest BCUT2D eigenvalue weighted by Gasteiger charge is -2.00. The molecule has 0 unspecified atom stereocenters. The summed E-state index contributed by atoms with van der Waals surface area (Å²) < 4.78 is 18.6. The number of aromatic hydroxyl groups is 1. The Labute approximate surface area is 129 Å². The summed E-state index contributed by atoms with van der Waals surface area (Å²) in [6, 6.07) is 7.65. The Bertz CT molecular complexity index is 938. The number of carboxylic acids is 1. The number of Topliss-reactive ketones (excluding diaryl/α,β-unsaturated/α-hetero) is 1. The first-order valence-electron chi connectivity index (χ1n) is 6.68. The van der Waals surface area contributed by atoms with Gasteiger partial charge >= 0.3 is 5.97 Å². The van der Waals surface area contributed by atoms with Gasteiger partial charge in [0.1, 0.15) is 28.5 Å². The molecule has 0 saturated carbocycles. The van der Waals surface area contributed by atoms with E-state index in [1.54, 1.807) is 0 Å². The highest BCUT2D eigenvalue weighted by atomic mass is 19.1. The van der Waals surface area contributed by atoms with Crippen LogP contribution < -0.4 is 0 Å². The maximum atomic E-state index is 13.0. The highest BCUT2D eigenvalue weighted by molar-refractivity contribution is 6.10. The third-order valence-electron chi connectivity index (χ3n) is 3.51. The number of benzene rings is 2. The molecule has 0 spiro atoms. The third-order valence-corrected chi connectivity index (χ3v) is 3.51. The SMILES string of the molecule is CC(=O)c1cc2oc(-c3ccc(F)cc3)c(C(=O)O)c2cc1O. The molecule has 23 heavy (non-hydrogen) atoms. The van der Waals surface area contributed by atoms with Crippen LogP contribution in [0, 0.1) is 5.82 Å². The molecule has 0 atom stereocenters. The van der Waals surface area contributed by atoms with Crippen molar-refractivity contribution in [1.82, 2.24) is 0 Å². The van der Waals surface area contributed by atoms with Crippen molar-refractivity contribution in [2.75, 3.05) is 0 Å². The summed E-state index contributed by atoms with van der Waals surface area (Å²) in [4.78, 5) is 23.1. The Balaban J connectivity index is 2.33. The van der Waals surface area contributed by atoms with Crippen LogP contribution in [-0.4, -0.2) is 22.0 Å². The number of hydrogen-bond acceptors (Lipinski definition) is 4. The zero-order valence-corrected chi connectivity index (χ0v) is 12.0. The minimum Gasteiger partial charge on any atom is -0.507 e. The van der Waals surface area contributed by atoms with Crippen molar-refractivity contribution in [1.29, 1.82) is 0 Å². The number of fused-ring (bicyclic) bond motifs is 1. The van der Waals surface area contributed by atoms with Gasteiger partial charge in [0, 0.05) is 10.9 Å². The Morgan fingerprint density at radius 2 is 1.78 bits per heavy atom. The van der Waals surface area contributed by atoms with Gasteiger partial charge in [-0.15, -0.1) is 0 Å². The average molecular weight is 314 g/mol. The van der Waals surface area contributed by atoms with Crippen LogP contribution in [0.1, 0.15) is 27.6 Å². The quantitative estimate of drug-likeness (QED) is 0.717. The molecule has 1 heterocycles. The fraction of sp³-hybridized carbons (Fsp3) is 0.0588. The molecule has 0 aliphatic rings. The molecule has 0 radical (unpaired) electrons. The molecule has 0 amide bonds. The van der Waals surface area contributed by atoms with Crippen molar-refractivity contribution >= 4 is 22.7 Å². The van der Waals surface area contributed by atoms with Gasteiger partial charge in [-0.05, 0) is 43.3 Å². The van der Waals surface area contributed by atoms with E-state index in [0.717, 1.165) is 0 Å². The first-order valence-corrected chi connectivity index (χ1v) is 6.68. The maximum absolute atomic E-state index is 13.0. The lowest BCUT2D eigenvalue weighted by molar-refractivity contribution is 0.0699. The van der Waals surface area contributed by atoms with E-state index in [1.165, 1.54) is 43.3 Å². The van der Waals surface area contributed by atoms with E-state index in [0.29, 0.717) is 5.56 Å². The number of furan rings is 1. The first kappa shape index (κ1) is 14.8. The van der Waals surface area contributed by atoms with E-state index in [2.05, 4.69) is 0 Å². The average Bonchev–Trinajstić information content (AvgIpc) is 2.85. The summed E-state index contributed by atoms with van der Waals surface area (Å²) in [6.45, 7) is 1.28. The minimum absolute atomic E-state index is 0.0348. The van der Waals surface area contributed by atoms with Crippen LogP contribution in [0.25, 0.3) is 22.3 Å². The Hall–Kier alpha value is -3.15. The standard InChI is InChI=1S/C17H11FO5/c1-8(19)11-7-14-12(6-13(11)20)15(17(21)22)16(23-14)9-2-4-10(18)5-3-9/h2-7,20H,1H3,(H,21,22). The molecule has 2 aromatic carbocycles. The van der Waals surface area contributed by atoms with Gasteiger partial charge in [-0.1, -0.05) is 0 Å². The summed E-state index contributed by atoms with van der Waals surface area (Å²) in [5, 5.41) is 19.5. The van der Waals surface area contributed by atoms with E-state index in [-0.39, 0.29) is 39.4 Å². The molecule has 0 aliphatic heterocycles. The van der Waals surface area contributed by atoms with Gasteiger partial charge in [0.15, 0.2) is 5.78 Å². The predicted octanol–water partition coefficient (Wildman–Crippen LogP) is 3.85. The number of aromatic carboxylic acids is 1. The number of ketones is 1. The molecule has 2 N–H and O–H groups in total. The predicted molar refractivity (Wildman–Crippen MR) is 80.2 cm³/mol. The van der Waals surface area contributed by atoms with E-state index in [9.17, 15) is 24.2 Å². The van der Waals surface area contributed by atoms with Gasteiger partial charge in [0.05, 0.1) is 5.56 Å². The molecule has 6 heteroatoms. The van der Waals surface area contributed by atoms with Gasteiger partial charge in [0.2, 0.25) is 0 Å². The molecule has 3 rings (SSSR count). The van der Waals surface area contributed by atoms with Crippen molar-refractivity contribution in [3.05, 3.63) is 53.3 Å². The summed E-state index contributed by atoms with van der Waals surface area (Å²) >= 11 is 0. The molecular formula is C17H11FO5. The molecule has 3 aromatic rings. The van der Waals surface area contributed by atoms with Gasteiger partial charge in [-0.2, -0.15) is 0 Å². The van der Waals surface area contributed by atoms with Crippen LogP contribution >= 0.6 is 0 Å². The summed E-state index contributed by atoms with van der Waals surface area (Å²) in [7, 11) is 0. The minimum atomic E-state index is -1.25. The number of phenolic OH excluding ortho intramolecular Hbond substituents is 1. The number of carbonyl (C=O) groups is 2. The molecule has 0 bridgehead atoms. The maximum Gasteiger partial charge on any atom is 0.340 e. The molecule has 1 aromatic heterocycles. The van der Waals surface area contributed by atoms with E-state index in [4.69, 9.17) is 4.42 Å². The molecule has 0 fully saturated rings. The van der Waals surface area contributed by atoms with E-state index < -0.39 is 11.8 Å². The van der Waals surface area contributed by atoms with Crippen molar-refractivity contribution in [2.45, 2.75) is 6.92 Å². The monoisotopic (exact) mass is 314 g/mol. The molecule has 0 aliphatic carbocycles. The van der Waals surface area contributed by atoms with Crippen molar-refractivity contribution in [2.24, 2.45) is 0 Å². The Morgan fingerprint density at radius 1 is 1.13 bits per heavy atom. The molecular weight excluding hydrogens is 303 g/mol. The van der Waals surface area contributed by atoms with Gasteiger partial charge in [0.25, 0.3) is 0 Å². The van der Waals surface area contributed by atoms with E-state index in [1.807, 2.05) is 0 Å². The van der Waals surface area contributed by atoms with Crippen LogP contribution in [0.4, 0.5) is 4.39 Å². The second kappa shape index (κ2) is 5.24. The Morgan fingerprint density at radius 3 is 2.35 bits per heavy atom. The highest BCUT2D eigenvalue weighted by Gasteiger charge is 2.23. The van der Waals surface area contributed by atoms with Crippen LogP contribution in [0.5, 0.6) is 5.75 Å². The zero-order chi connectivity index (χ0) is 16.7. The Kier molecular flexibility index (Phi) is 3.37.